The molecule has 0 saturated heterocycles. The third-order valence-electron chi connectivity index (χ3n) is 5.55. The Hall–Kier alpha value is -4.40. The van der Waals surface area contributed by atoms with Gasteiger partial charge < -0.3 is 48.5 Å². The molecule has 0 aliphatic heterocycles. The second-order valence-corrected chi connectivity index (χ2v) is 9.21. The number of carbonyl (C=O) groups is 5. The number of phenolic OH excluding ortho intramolecular Hbond substituents is 1. The van der Waals surface area contributed by atoms with E-state index in [0.29, 0.717) is 5.56 Å². The van der Waals surface area contributed by atoms with Gasteiger partial charge in [0.25, 0.3) is 0 Å². The van der Waals surface area contributed by atoms with Crippen molar-refractivity contribution in [1.29, 1.82) is 0 Å². The van der Waals surface area contributed by atoms with Gasteiger partial charge in [0.15, 0.2) is 5.96 Å². The number of phenols is 1. The van der Waals surface area contributed by atoms with Crippen molar-refractivity contribution in [3.05, 3.63) is 29.8 Å². The molecule has 0 fully saturated rings. The van der Waals surface area contributed by atoms with Crippen LogP contribution in [0.1, 0.15) is 38.7 Å². The molecule has 0 aliphatic carbocycles. The van der Waals surface area contributed by atoms with Gasteiger partial charge in [-0.2, -0.15) is 0 Å². The molecule has 0 spiro atoms. The number of hydrogen-bond acceptors (Lipinski definition) is 8. The maximum absolute atomic E-state index is 13.1. The normalized spacial score (nSPS) is 13.8. The minimum absolute atomic E-state index is 0.00102. The summed E-state index contributed by atoms with van der Waals surface area (Å²) in [5, 5.41) is 35.3. The van der Waals surface area contributed by atoms with Crippen molar-refractivity contribution in [3.63, 3.8) is 0 Å². The van der Waals surface area contributed by atoms with Crippen molar-refractivity contribution < 1.29 is 39.3 Å². The Morgan fingerprint density at radius 1 is 0.897 bits per heavy atom. The molecular weight excluding hydrogens is 514 g/mol. The van der Waals surface area contributed by atoms with Gasteiger partial charge in [-0.15, -0.1) is 0 Å². The molecule has 1 rings (SSSR count). The Bertz CT molecular complexity index is 1040. The van der Waals surface area contributed by atoms with Crippen molar-refractivity contribution in [2.45, 2.75) is 63.7 Å². The van der Waals surface area contributed by atoms with E-state index in [9.17, 15) is 34.2 Å². The maximum Gasteiger partial charge on any atom is 0.326 e. The summed E-state index contributed by atoms with van der Waals surface area (Å²) in [6.07, 6.45) is -0.469. The first-order valence-corrected chi connectivity index (χ1v) is 12.2. The number of guanidine groups is 1. The first kappa shape index (κ1) is 32.6. The van der Waals surface area contributed by atoms with Gasteiger partial charge in [0.05, 0.1) is 12.5 Å². The van der Waals surface area contributed by atoms with Crippen LogP contribution in [0.15, 0.2) is 29.3 Å². The first-order chi connectivity index (χ1) is 18.2. The highest BCUT2D eigenvalue weighted by Crippen LogP contribution is 2.12. The lowest BCUT2D eigenvalue weighted by Gasteiger charge is -2.27. The molecule has 216 valence electrons. The van der Waals surface area contributed by atoms with E-state index in [4.69, 9.17) is 22.3 Å². The van der Waals surface area contributed by atoms with Crippen LogP contribution in [0.3, 0.4) is 0 Å². The minimum atomic E-state index is -1.42. The molecule has 0 heterocycles. The van der Waals surface area contributed by atoms with Crippen molar-refractivity contribution >= 4 is 35.6 Å². The van der Waals surface area contributed by atoms with Crippen LogP contribution in [0, 0.1) is 5.92 Å². The predicted octanol–water partition coefficient (Wildman–Crippen LogP) is -2.01. The summed E-state index contributed by atoms with van der Waals surface area (Å²) in [4.78, 5) is 65.1. The number of benzene rings is 1. The van der Waals surface area contributed by atoms with Crippen molar-refractivity contribution in [3.8, 4) is 5.75 Å². The van der Waals surface area contributed by atoms with E-state index < -0.39 is 66.2 Å². The highest BCUT2D eigenvalue weighted by atomic mass is 16.4. The number of amides is 3. The second-order valence-electron chi connectivity index (χ2n) is 9.21. The Balaban J connectivity index is 3.02. The number of nitrogens with two attached hydrogens (primary N) is 3. The summed E-state index contributed by atoms with van der Waals surface area (Å²) in [5.74, 6) is -5.67. The van der Waals surface area contributed by atoms with Crippen molar-refractivity contribution in [2.75, 3.05) is 6.54 Å². The molecule has 15 nitrogen and oxygen atoms in total. The van der Waals surface area contributed by atoms with Gasteiger partial charge in [-0.05, 0) is 36.5 Å². The molecule has 15 heteroatoms. The zero-order valence-electron chi connectivity index (χ0n) is 21.8. The van der Waals surface area contributed by atoms with Gasteiger partial charge in [-0.3, -0.25) is 24.2 Å². The van der Waals surface area contributed by atoms with Gasteiger partial charge in [-0.25, -0.2) is 4.79 Å². The van der Waals surface area contributed by atoms with E-state index in [1.807, 2.05) is 0 Å². The largest absolute Gasteiger partial charge is 0.508 e. The standard InChI is InChI=1S/C24H37N7O8/c1-12(2)19(22(37)30-17(23(38)39)10-13-5-7-14(32)8-6-13)31-21(36)16(4-3-9-28-24(26)27)29-20(35)15(25)11-18(33)34/h5-8,12,15-17,19,32H,3-4,9-11,25H2,1-2H3,(H,29,35)(H,30,37)(H,31,36)(H,33,34)(H,38,39)(H4,26,27,28). The van der Waals surface area contributed by atoms with Gasteiger partial charge in [-0.1, -0.05) is 26.0 Å². The van der Waals surface area contributed by atoms with E-state index in [2.05, 4.69) is 20.9 Å². The highest BCUT2D eigenvalue weighted by Gasteiger charge is 2.32. The molecular formula is C24H37N7O8. The Kier molecular flexibility index (Phi) is 13.2. The van der Waals surface area contributed by atoms with E-state index in [0.717, 1.165) is 0 Å². The summed E-state index contributed by atoms with van der Waals surface area (Å²) in [5.41, 5.74) is 16.7. The van der Waals surface area contributed by atoms with Gasteiger partial charge in [0.1, 0.15) is 23.9 Å². The lowest BCUT2D eigenvalue weighted by Crippen LogP contribution is -2.58. The zero-order valence-corrected chi connectivity index (χ0v) is 21.8. The molecule has 3 amide bonds. The average Bonchev–Trinajstić information content (AvgIpc) is 2.83. The number of rotatable bonds is 16. The van der Waals surface area contributed by atoms with E-state index in [-0.39, 0.29) is 37.5 Å². The quantitative estimate of drug-likeness (QED) is 0.0614. The van der Waals surface area contributed by atoms with Crippen LogP contribution in [-0.2, 0) is 30.4 Å². The minimum Gasteiger partial charge on any atom is -0.508 e. The SMILES string of the molecule is CC(C)C(NC(=O)C(CCCN=C(N)N)NC(=O)C(N)CC(=O)O)C(=O)NC(Cc1ccc(O)cc1)C(=O)O. The smallest absolute Gasteiger partial charge is 0.326 e. The Morgan fingerprint density at radius 3 is 2.00 bits per heavy atom. The number of hydrogen-bond donors (Lipinski definition) is 9. The molecule has 0 radical (unpaired) electrons. The highest BCUT2D eigenvalue weighted by molar-refractivity contribution is 5.94. The Labute approximate surface area is 225 Å². The monoisotopic (exact) mass is 551 g/mol. The lowest BCUT2D eigenvalue weighted by atomic mass is 10.00. The van der Waals surface area contributed by atoms with E-state index in [1.54, 1.807) is 13.8 Å². The van der Waals surface area contributed by atoms with Crippen molar-refractivity contribution in [2.24, 2.45) is 28.1 Å². The lowest BCUT2D eigenvalue weighted by molar-refractivity contribution is -0.142. The van der Waals surface area contributed by atoms with Crippen LogP contribution in [0.5, 0.6) is 5.75 Å². The van der Waals surface area contributed by atoms with E-state index in [1.165, 1.54) is 24.3 Å². The number of nitrogens with zero attached hydrogens (tertiary/aromatic N) is 1. The summed E-state index contributed by atoms with van der Waals surface area (Å²) in [7, 11) is 0. The molecule has 39 heavy (non-hydrogen) atoms. The summed E-state index contributed by atoms with van der Waals surface area (Å²) in [6, 6.07) is 0.666. The number of aliphatic imine (C=N–C) groups is 1. The van der Waals surface area contributed by atoms with Crippen LogP contribution < -0.4 is 33.2 Å². The van der Waals surface area contributed by atoms with Crippen LogP contribution in [0.25, 0.3) is 0 Å². The Morgan fingerprint density at radius 2 is 1.49 bits per heavy atom. The number of aromatic hydroxyl groups is 1. The molecule has 4 unspecified atom stereocenters. The molecule has 0 aromatic heterocycles. The third kappa shape index (κ3) is 12.1. The van der Waals surface area contributed by atoms with Crippen LogP contribution in [0.4, 0.5) is 0 Å². The molecule has 0 bridgehead atoms. The molecule has 12 N–H and O–H groups in total. The zero-order chi connectivity index (χ0) is 29.7. The third-order valence-corrected chi connectivity index (χ3v) is 5.55. The van der Waals surface area contributed by atoms with Crippen LogP contribution in [0.2, 0.25) is 0 Å². The number of carboxylic acid groups (broad SMARTS) is 2. The number of nitrogens with one attached hydrogen (secondary N) is 3. The summed E-state index contributed by atoms with van der Waals surface area (Å²) < 4.78 is 0. The maximum atomic E-state index is 13.1. The number of carboxylic acids is 2. The summed E-state index contributed by atoms with van der Waals surface area (Å²) in [6.45, 7) is 3.40. The molecule has 4 atom stereocenters. The molecule has 1 aromatic rings. The van der Waals surface area contributed by atoms with Crippen LogP contribution in [-0.4, -0.2) is 81.7 Å². The van der Waals surface area contributed by atoms with Gasteiger partial charge in [0, 0.05) is 13.0 Å². The molecule has 1 aromatic carbocycles. The second kappa shape index (κ2) is 15.8. The topological polar surface area (TPSA) is 273 Å². The molecule has 0 saturated carbocycles. The summed E-state index contributed by atoms with van der Waals surface area (Å²) >= 11 is 0. The van der Waals surface area contributed by atoms with Crippen LogP contribution >= 0.6 is 0 Å². The van der Waals surface area contributed by atoms with Crippen molar-refractivity contribution in [1.82, 2.24) is 16.0 Å². The fraction of sp³-hybridized carbons (Fsp3) is 0.500. The van der Waals surface area contributed by atoms with E-state index >= 15 is 0 Å². The first-order valence-electron chi connectivity index (χ1n) is 12.2. The average molecular weight is 552 g/mol. The number of carbonyl (C=O) groups excluding carboxylic acids is 3. The fourth-order valence-electron chi connectivity index (χ4n) is 3.45. The van der Waals surface area contributed by atoms with Gasteiger partial charge >= 0.3 is 11.9 Å². The van der Waals surface area contributed by atoms with Gasteiger partial charge in [0.2, 0.25) is 17.7 Å². The predicted molar refractivity (Wildman–Crippen MR) is 140 cm³/mol. The number of aliphatic carboxylic acids is 2. The fourth-order valence-corrected chi connectivity index (χ4v) is 3.45. The molecule has 0 aliphatic rings.